The van der Waals surface area contributed by atoms with Gasteiger partial charge in [-0.05, 0) is 6.92 Å². The van der Waals surface area contributed by atoms with Gasteiger partial charge in [-0.2, -0.15) is 4.98 Å². The molecule has 0 aromatic carbocycles. The number of fused-ring (bicyclic) bond motifs is 1. The van der Waals surface area contributed by atoms with Gasteiger partial charge in [-0.15, -0.1) is 0 Å². The predicted molar refractivity (Wildman–Crippen MR) is 46.2 cm³/mol. The van der Waals surface area contributed by atoms with Crippen molar-refractivity contribution in [3.05, 3.63) is 23.9 Å². The van der Waals surface area contributed by atoms with Gasteiger partial charge in [-0.1, -0.05) is 17.3 Å². The second-order valence-corrected chi connectivity index (χ2v) is 3.78. The minimum absolute atomic E-state index is 0.0151. The summed E-state index contributed by atoms with van der Waals surface area (Å²) in [5.41, 5.74) is 0.0151. The Morgan fingerprint density at radius 1 is 1.69 bits per heavy atom. The lowest BCUT2D eigenvalue weighted by Gasteiger charge is -2.33. The molecule has 3 rings (SSSR count). The average Bonchev–Trinajstić information content (AvgIpc) is 2.59. The Balaban J connectivity index is 2.05. The summed E-state index contributed by atoms with van der Waals surface area (Å²) >= 11 is 0. The van der Waals surface area contributed by atoms with Crippen LogP contribution in [-0.2, 0) is 5.41 Å². The van der Waals surface area contributed by atoms with Crippen LogP contribution in [0.4, 0.5) is 0 Å². The molecule has 2 heterocycles. The Hall–Kier alpha value is -1.16. The van der Waals surface area contributed by atoms with E-state index in [0.29, 0.717) is 5.92 Å². The molecular weight excluding hydrogens is 166 g/mol. The second-order valence-electron chi connectivity index (χ2n) is 3.78. The largest absolute Gasteiger partial charge is 0.338 e. The zero-order valence-electron chi connectivity index (χ0n) is 7.45. The predicted octanol–water partition coefficient (Wildman–Crippen LogP) is 0.405. The number of aromatic nitrogens is 2. The molecule has 1 aromatic rings. The number of hydrogen-bond acceptors (Lipinski definition) is 4. The topological polar surface area (TPSA) is 51.0 Å². The van der Waals surface area contributed by atoms with Gasteiger partial charge in [-0.25, -0.2) is 0 Å². The molecule has 0 unspecified atom stereocenters. The minimum atomic E-state index is 0.0151. The van der Waals surface area contributed by atoms with Crippen LogP contribution in [0.2, 0.25) is 0 Å². The molecule has 1 N–H and O–H groups in total. The van der Waals surface area contributed by atoms with Gasteiger partial charge in [0.15, 0.2) is 5.82 Å². The van der Waals surface area contributed by atoms with E-state index in [4.69, 9.17) is 4.52 Å². The molecule has 68 valence electrons. The molecule has 13 heavy (non-hydrogen) atoms. The highest BCUT2D eigenvalue weighted by Gasteiger charge is 2.50. The van der Waals surface area contributed by atoms with Gasteiger partial charge in [0.05, 0.1) is 5.41 Å². The van der Waals surface area contributed by atoms with Crippen LogP contribution in [0.5, 0.6) is 0 Å². The van der Waals surface area contributed by atoms with Gasteiger partial charge in [0.1, 0.15) is 0 Å². The first kappa shape index (κ1) is 7.26. The first-order valence-corrected chi connectivity index (χ1v) is 4.52. The van der Waals surface area contributed by atoms with Crippen molar-refractivity contribution in [1.29, 1.82) is 0 Å². The number of aryl methyl sites for hydroxylation is 1. The monoisotopic (exact) mass is 177 g/mol. The summed E-state index contributed by atoms with van der Waals surface area (Å²) in [6, 6.07) is 0. The van der Waals surface area contributed by atoms with E-state index in [1.54, 1.807) is 0 Å². The SMILES string of the molecule is Cc1noc([C@]23C=C[C@H]2CNC3)n1. The van der Waals surface area contributed by atoms with E-state index >= 15 is 0 Å². The van der Waals surface area contributed by atoms with Crippen LogP contribution in [0.3, 0.4) is 0 Å². The van der Waals surface area contributed by atoms with Gasteiger partial charge in [-0.3, -0.25) is 0 Å². The zero-order valence-corrected chi connectivity index (χ0v) is 7.45. The van der Waals surface area contributed by atoms with Gasteiger partial charge in [0, 0.05) is 19.0 Å². The Labute approximate surface area is 76.0 Å². The van der Waals surface area contributed by atoms with E-state index in [-0.39, 0.29) is 5.41 Å². The molecule has 1 saturated heterocycles. The fourth-order valence-corrected chi connectivity index (χ4v) is 2.13. The van der Waals surface area contributed by atoms with Gasteiger partial charge < -0.3 is 9.84 Å². The summed E-state index contributed by atoms with van der Waals surface area (Å²) in [6.45, 7) is 3.80. The standard InChI is InChI=1S/C9H11N3O/c1-6-11-8(13-12-6)9-3-2-7(9)4-10-5-9/h2-3,7,10H,4-5H2,1H3/t7-,9-/m0/s1. The molecule has 0 spiro atoms. The molecule has 4 heteroatoms. The summed E-state index contributed by atoms with van der Waals surface area (Å²) in [5, 5.41) is 7.17. The fraction of sp³-hybridized carbons (Fsp3) is 0.556. The number of nitrogens with zero attached hydrogens (tertiary/aromatic N) is 2. The molecule has 2 aliphatic rings. The molecule has 1 fully saturated rings. The normalized spacial score (nSPS) is 35.9. The summed E-state index contributed by atoms with van der Waals surface area (Å²) < 4.78 is 5.22. The maximum absolute atomic E-state index is 5.22. The third-order valence-corrected chi connectivity index (χ3v) is 3.00. The van der Waals surface area contributed by atoms with Crippen LogP contribution in [0, 0.1) is 12.8 Å². The first-order chi connectivity index (χ1) is 6.31. The van der Waals surface area contributed by atoms with E-state index in [2.05, 4.69) is 27.6 Å². The number of rotatable bonds is 1. The van der Waals surface area contributed by atoms with Crippen LogP contribution < -0.4 is 5.32 Å². The molecule has 0 bridgehead atoms. The highest BCUT2D eigenvalue weighted by atomic mass is 16.5. The first-order valence-electron chi connectivity index (χ1n) is 4.52. The molecule has 0 amide bonds. The van der Waals surface area contributed by atoms with Crippen LogP contribution in [-0.4, -0.2) is 23.2 Å². The van der Waals surface area contributed by atoms with Crippen molar-refractivity contribution >= 4 is 0 Å². The Morgan fingerprint density at radius 2 is 2.62 bits per heavy atom. The van der Waals surface area contributed by atoms with Gasteiger partial charge in [0.2, 0.25) is 5.89 Å². The lowest BCUT2D eigenvalue weighted by molar-refractivity contribution is 0.285. The Morgan fingerprint density at radius 3 is 3.15 bits per heavy atom. The van der Waals surface area contributed by atoms with Gasteiger partial charge >= 0.3 is 0 Å². The molecule has 1 aromatic heterocycles. The van der Waals surface area contributed by atoms with Crippen molar-refractivity contribution < 1.29 is 4.52 Å². The third-order valence-electron chi connectivity index (χ3n) is 3.00. The lowest BCUT2D eigenvalue weighted by Crippen LogP contribution is -2.38. The van der Waals surface area contributed by atoms with E-state index in [1.165, 1.54) is 0 Å². The van der Waals surface area contributed by atoms with Crippen molar-refractivity contribution in [2.75, 3.05) is 13.1 Å². The summed E-state index contributed by atoms with van der Waals surface area (Å²) in [5.74, 6) is 2.03. The summed E-state index contributed by atoms with van der Waals surface area (Å²) in [7, 11) is 0. The molecule has 0 radical (unpaired) electrons. The van der Waals surface area contributed by atoms with E-state index in [0.717, 1.165) is 24.8 Å². The maximum Gasteiger partial charge on any atom is 0.238 e. The van der Waals surface area contributed by atoms with Crippen molar-refractivity contribution in [2.24, 2.45) is 5.92 Å². The van der Waals surface area contributed by atoms with E-state index < -0.39 is 0 Å². The quantitative estimate of drug-likeness (QED) is 0.631. The zero-order chi connectivity index (χ0) is 8.89. The number of nitrogens with one attached hydrogen (secondary N) is 1. The smallest absolute Gasteiger partial charge is 0.238 e. The summed E-state index contributed by atoms with van der Waals surface area (Å²) in [4.78, 5) is 4.30. The molecule has 0 saturated carbocycles. The highest BCUT2D eigenvalue weighted by molar-refractivity contribution is 5.34. The van der Waals surface area contributed by atoms with Crippen molar-refractivity contribution in [3.63, 3.8) is 0 Å². The van der Waals surface area contributed by atoms with Crippen molar-refractivity contribution in [3.8, 4) is 0 Å². The average molecular weight is 177 g/mol. The van der Waals surface area contributed by atoms with Crippen LogP contribution in [0.15, 0.2) is 16.7 Å². The number of hydrogen-bond donors (Lipinski definition) is 1. The van der Waals surface area contributed by atoms with Crippen LogP contribution in [0.25, 0.3) is 0 Å². The van der Waals surface area contributed by atoms with Crippen molar-refractivity contribution in [1.82, 2.24) is 15.5 Å². The third kappa shape index (κ3) is 0.785. The molecule has 2 atom stereocenters. The molecule has 1 aliphatic carbocycles. The molecule has 1 aliphatic heterocycles. The van der Waals surface area contributed by atoms with Crippen LogP contribution >= 0.6 is 0 Å². The van der Waals surface area contributed by atoms with E-state index in [1.807, 2.05) is 6.92 Å². The maximum atomic E-state index is 5.22. The highest BCUT2D eigenvalue weighted by Crippen LogP contribution is 2.43. The van der Waals surface area contributed by atoms with Crippen LogP contribution in [0.1, 0.15) is 11.7 Å². The molecule has 4 nitrogen and oxygen atoms in total. The second kappa shape index (κ2) is 2.20. The minimum Gasteiger partial charge on any atom is -0.338 e. The lowest BCUT2D eigenvalue weighted by atomic mass is 9.69. The Kier molecular flexibility index (Phi) is 1.23. The fourth-order valence-electron chi connectivity index (χ4n) is 2.13. The molecular formula is C9H11N3O. The Bertz CT molecular complexity index is 371. The van der Waals surface area contributed by atoms with E-state index in [9.17, 15) is 0 Å². The summed E-state index contributed by atoms with van der Waals surface area (Å²) in [6.07, 6.45) is 4.38. The van der Waals surface area contributed by atoms with Crippen molar-refractivity contribution in [2.45, 2.75) is 12.3 Å². The van der Waals surface area contributed by atoms with Gasteiger partial charge in [0.25, 0.3) is 0 Å².